The molecule has 60 valence electrons. The predicted molar refractivity (Wildman–Crippen MR) is 42.1 cm³/mol. The quantitative estimate of drug-likeness (QED) is 0.599. The van der Waals surface area contributed by atoms with Crippen molar-refractivity contribution in [2.45, 2.75) is 12.8 Å². The minimum Gasteiger partial charge on any atom is -0.229 e. The Labute approximate surface area is 66.5 Å². The molecule has 0 aromatic rings. The van der Waals surface area contributed by atoms with Gasteiger partial charge in [0.1, 0.15) is 0 Å². The van der Waals surface area contributed by atoms with Crippen molar-refractivity contribution in [3.63, 3.8) is 0 Å². The van der Waals surface area contributed by atoms with Gasteiger partial charge in [0.15, 0.2) is 9.84 Å². The van der Waals surface area contributed by atoms with Crippen molar-refractivity contribution in [2.24, 2.45) is 5.92 Å². The molecule has 0 aliphatic carbocycles. The number of alkyl halides is 1. The third-order valence-electron chi connectivity index (χ3n) is 1.84. The second kappa shape index (κ2) is 3.09. The van der Waals surface area contributed by atoms with Gasteiger partial charge in [0, 0.05) is 5.88 Å². The number of sulfone groups is 1. The van der Waals surface area contributed by atoms with Gasteiger partial charge in [-0.2, -0.15) is 0 Å². The Balaban J connectivity index is 2.44. The highest BCUT2D eigenvalue weighted by Gasteiger charge is 2.26. The Hall–Kier alpha value is 0.240. The topological polar surface area (TPSA) is 34.1 Å². The SMILES string of the molecule is O=S1(=O)CC[C@@H](CCCl)C1. The molecule has 0 bridgehead atoms. The van der Waals surface area contributed by atoms with Gasteiger partial charge in [0.2, 0.25) is 0 Å². The molecule has 2 nitrogen and oxygen atoms in total. The maximum Gasteiger partial charge on any atom is 0.150 e. The first kappa shape index (κ1) is 8.34. The Morgan fingerprint density at radius 2 is 2.20 bits per heavy atom. The van der Waals surface area contributed by atoms with Crippen LogP contribution in [-0.2, 0) is 9.84 Å². The van der Waals surface area contributed by atoms with E-state index in [0.29, 0.717) is 23.3 Å². The van der Waals surface area contributed by atoms with Crippen LogP contribution < -0.4 is 0 Å². The van der Waals surface area contributed by atoms with E-state index in [2.05, 4.69) is 0 Å². The Morgan fingerprint density at radius 1 is 1.50 bits per heavy atom. The summed E-state index contributed by atoms with van der Waals surface area (Å²) < 4.78 is 21.7. The summed E-state index contributed by atoms with van der Waals surface area (Å²) >= 11 is 5.48. The Bertz CT molecular complexity index is 198. The molecule has 10 heavy (non-hydrogen) atoms. The molecule has 0 saturated carbocycles. The third kappa shape index (κ3) is 2.13. The minimum atomic E-state index is -2.68. The van der Waals surface area contributed by atoms with Crippen molar-refractivity contribution in [1.82, 2.24) is 0 Å². The van der Waals surface area contributed by atoms with Crippen molar-refractivity contribution >= 4 is 21.4 Å². The van der Waals surface area contributed by atoms with Crippen LogP contribution in [0.1, 0.15) is 12.8 Å². The molecule has 0 radical (unpaired) electrons. The van der Waals surface area contributed by atoms with Gasteiger partial charge in [0.25, 0.3) is 0 Å². The predicted octanol–water partition coefficient (Wildman–Crippen LogP) is 1.05. The molecule has 1 saturated heterocycles. The number of rotatable bonds is 2. The summed E-state index contributed by atoms with van der Waals surface area (Å²) in [6.07, 6.45) is 1.66. The van der Waals surface area contributed by atoms with Crippen LogP contribution in [-0.4, -0.2) is 25.8 Å². The van der Waals surface area contributed by atoms with Crippen molar-refractivity contribution in [3.05, 3.63) is 0 Å². The van der Waals surface area contributed by atoms with E-state index in [-0.39, 0.29) is 0 Å². The highest BCUT2D eigenvalue weighted by atomic mass is 35.5. The standard InChI is InChI=1S/C6H11ClO2S/c7-3-1-6-2-4-10(8,9)5-6/h6H,1-5H2/t6-/m1/s1. The smallest absolute Gasteiger partial charge is 0.150 e. The highest BCUT2D eigenvalue weighted by Crippen LogP contribution is 2.21. The molecular formula is C6H11ClO2S. The fourth-order valence-corrected chi connectivity index (χ4v) is 3.47. The fraction of sp³-hybridized carbons (Fsp3) is 1.00. The van der Waals surface area contributed by atoms with E-state index < -0.39 is 9.84 Å². The van der Waals surface area contributed by atoms with Crippen LogP contribution in [0.2, 0.25) is 0 Å². The van der Waals surface area contributed by atoms with Gasteiger partial charge in [-0.3, -0.25) is 0 Å². The molecule has 0 N–H and O–H groups in total. The molecule has 4 heteroatoms. The van der Waals surface area contributed by atoms with Crippen LogP contribution in [0.25, 0.3) is 0 Å². The van der Waals surface area contributed by atoms with Gasteiger partial charge >= 0.3 is 0 Å². The molecule has 1 aliphatic rings. The van der Waals surface area contributed by atoms with E-state index in [9.17, 15) is 8.42 Å². The molecule has 0 amide bonds. The van der Waals surface area contributed by atoms with Crippen LogP contribution in [0.4, 0.5) is 0 Å². The van der Waals surface area contributed by atoms with Gasteiger partial charge < -0.3 is 0 Å². The second-order valence-corrected chi connectivity index (χ2v) is 5.35. The average Bonchev–Trinajstić information content (AvgIpc) is 2.12. The maximum absolute atomic E-state index is 10.9. The van der Waals surface area contributed by atoms with Gasteiger partial charge in [-0.1, -0.05) is 0 Å². The molecule has 1 aliphatic heterocycles. The number of hydrogen-bond acceptors (Lipinski definition) is 2. The van der Waals surface area contributed by atoms with E-state index in [1.807, 2.05) is 0 Å². The first-order valence-electron chi connectivity index (χ1n) is 3.40. The van der Waals surface area contributed by atoms with Crippen molar-refractivity contribution in [2.75, 3.05) is 17.4 Å². The lowest BCUT2D eigenvalue weighted by atomic mass is 10.1. The summed E-state index contributed by atoms with van der Waals surface area (Å²) in [6, 6.07) is 0. The van der Waals surface area contributed by atoms with E-state index in [4.69, 9.17) is 11.6 Å². The van der Waals surface area contributed by atoms with Crippen molar-refractivity contribution in [1.29, 1.82) is 0 Å². The molecule has 0 spiro atoms. The molecule has 1 heterocycles. The van der Waals surface area contributed by atoms with Gasteiger partial charge in [0.05, 0.1) is 11.5 Å². The third-order valence-corrected chi connectivity index (χ3v) is 3.90. The normalized spacial score (nSPS) is 30.7. The summed E-state index contributed by atoms with van der Waals surface area (Å²) in [4.78, 5) is 0. The zero-order chi connectivity index (χ0) is 7.61. The maximum atomic E-state index is 10.9. The molecule has 0 aromatic heterocycles. The largest absolute Gasteiger partial charge is 0.229 e. The van der Waals surface area contributed by atoms with Crippen LogP contribution in [0.5, 0.6) is 0 Å². The molecule has 1 fully saturated rings. The second-order valence-electron chi connectivity index (χ2n) is 2.75. The van der Waals surface area contributed by atoms with Gasteiger partial charge in [-0.25, -0.2) is 8.42 Å². The van der Waals surface area contributed by atoms with Crippen LogP contribution in [0.3, 0.4) is 0 Å². The van der Waals surface area contributed by atoms with Crippen molar-refractivity contribution in [3.8, 4) is 0 Å². The molecule has 1 rings (SSSR count). The lowest BCUT2D eigenvalue weighted by molar-refractivity contribution is 0.573. The van der Waals surface area contributed by atoms with Gasteiger partial charge in [-0.05, 0) is 18.8 Å². The van der Waals surface area contributed by atoms with Crippen molar-refractivity contribution < 1.29 is 8.42 Å². The summed E-state index contributed by atoms with van der Waals surface area (Å²) in [5.41, 5.74) is 0. The summed E-state index contributed by atoms with van der Waals surface area (Å²) in [6.45, 7) is 0. The van der Waals surface area contributed by atoms with E-state index in [1.165, 1.54) is 0 Å². The lowest BCUT2D eigenvalue weighted by Crippen LogP contribution is -2.04. The van der Waals surface area contributed by atoms with E-state index >= 15 is 0 Å². The molecule has 0 unspecified atom stereocenters. The Morgan fingerprint density at radius 3 is 2.60 bits per heavy atom. The zero-order valence-corrected chi connectivity index (χ0v) is 7.29. The summed E-state index contributed by atoms with van der Waals surface area (Å²) in [7, 11) is -2.68. The summed E-state index contributed by atoms with van der Waals surface area (Å²) in [5, 5.41) is 0. The molecular weight excluding hydrogens is 172 g/mol. The first-order chi connectivity index (χ1) is 4.64. The summed E-state index contributed by atoms with van der Waals surface area (Å²) in [5.74, 6) is 1.65. The number of halogens is 1. The highest BCUT2D eigenvalue weighted by molar-refractivity contribution is 7.91. The van der Waals surface area contributed by atoms with Crippen LogP contribution in [0.15, 0.2) is 0 Å². The molecule has 1 atom stereocenters. The zero-order valence-electron chi connectivity index (χ0n) is 5.72. The van der Waals surface area contributed by atoms with Crippen LogP contribution >= 0.6 is 11.6 Å². The minimum absolute atomic E-state index is 0.336. The van der Waals surface area contributed by atoms with Gasteiger partial charge in [-0.15, -0.1) is 11.6 Å². The first-order valence-corrected chi connectivity index (χ1v) is 5.76. The number of hydrogen-bond donors (Lipinski definition) is 0. The van der Waals surface area contributed by atoms with E-state index in [0.717, 1.165) is 12.8 Å². The molecule has 0 aromatic carbocycles. The monoisotopic (exact) mass is 182 g/mol. The fourth-order valence-electron chi connectivity index (χ4n) is 1.25. The van der Waals surface area contributed by atoms with E-state index in [1.54, 1.807) is 0 Å². The van der Waals surface area contributed by atoms with Crippen LogP contribution in [0, 0.1) is 5.92 Å². The average molecular weight is 183 g/mol. The Kier molecular flexibility index (Phi) is 2.58. The lowest BCUT2D eigenvalue weighted by Gasteiger charge is -2.01.